The van der Waals surface area contributed by atoms with Crippen molar-refractivity contribution >= 4 is 53.6 Å². The number of rotatable bonds is 32. The number of fused-ring (bicyclic) bond motifs is 3. The number of unbranched alkanes of at least 4 members (excludes halogenated alkanes) is 1. The average Bonchev–Trinajstić information content (AvgIpc) is 0.843. The van der Waals surface area contributed by atoms with Crippen LogP contribution in [0.1, 0.15) is 158 Å². The predicted octanol–water partition coefficient (Wildman–Crippen LogP) is 12.1. The Hall–Kier alpha value is -11.5. The van der Waals surface area contributed by atoms with Crippen LogP contribution in [-0.4, -0.2) is 120 Å². The Bertz CT molecular complexity index is 4120. The molecule has 8 amide bonds. The Morgan fingerprint density at radius 2 is 0.769 bits per heavy atom. The molecular weight excluding hydrogens is 1360 g/mol. The third-order valence-corrected chi connectivity index (χ3v) is 18.2. The summed E-state index contributed by atoms with van der Waals surface area (Å²) < 4.78 is 23.3. The lowest BCUT2D eigenvalue weighted by molar-refractivity contribution is -0.159. The van der Waals surface area contributed by atoms with E-state index in [0.29, 0.717) is 46.2 Å². The monoisotopic (exact) mass is 1460 g/mol. The number of alkyl carbamates (subject to hydrolysis) is 2. The summed E-state index contributed by atoms with van der Waals surface area (Å²) in [6.45, 7) is 16.4. The molecule has 0 saturated heterocycles. The third kappa shape index (κ3) is 21.9. The van der Waals surface area contributed by atoms with Gasteiger partial charge in [-0.05, 0) is 151 Å². The highest BCUT2D eigenvalue weighted by molar-refractivity contribution is 5.97. The van der Waals surface area contributed by atoms with Crippen molar-refractivity contribution in [3.63, 3.8) is 0 Å². The van der Waals surface area contributed by atoms with E-state index >= 15 is 24.0 Å². The van der Waals surface area contributed by atoms with Gasteiger partial charge < -0.3 is 61.5 Å². The minimum atomic E-state index is -1.76. The van der Waals surface area contributed by atoms with E-state index in [0.717, 1.165) is 22.3 Å². The van der Waals surface area contributed by atoms with E-state index in [1.165, 1.54) is 6.92 Å². The highest BCUT2D eigenvalue weighted by Gasteiger charge is 2.42. The summed E-state index contributed by atoms with van der Waals surface area (Å²) in [7, 11) is 0. The van der Waals surface area contributed by atoms with Crippen LogP contribution in [0.25, 0.3) is 11.1 Å². The zero-order valence-electron chi connectivity index (χ0n) is 63.1. The van der Waals surface area contributed by atoms with E-state index in [1.54, 1.807) is 62.3 Å². The summed E-state index contributed by atoms with van der Waals surface area (Å²) in [5.41, 5.74) is 2.70. The van der Waals surface area contributed by atoms with Crippen molar-refractivity contribution < 1.29 is 62.1 Å². The first-order chi connectivity index (χ1) is 51.5. The second-order valence-electron chi connectivity index (χ2n) is 29.9. The Morgan fingerprint density at radius 3 is 1.20 bits per heavy atom. The summed E-state index contributed by atoms with van der Waals surface area (Å²) in [5, 5.41) is 22.9. The molecular formula is C87H100N8O13. The van der Waals surface area contributed by atoms with Crippen molar-refractivity contribution in [3.8, 4) is 11.1 Å². The van der Waals surface area contributed by atoms with Crippen molar-refractivity contribution in [2.45, 2.75) is 172 Å². The first kappa shape index (κ1) is 80.6. The van der Waals surface area contributed by atoms with Gasteiger partial charge in [0.25, 0.3) is 0 Å². The molecule has 1 aliphatic carbocycles. The van der Waals surface area contributed by atoms with Crippen LogP contribution < -0.4 is 42.5 Å². The van der Waals surface area contributed by atoms with Gasteiger partial charge in [-0.25, -0.2) is 14.4 Å². The molecule has 0 bridgehead atoms. The maximum Gasteiger partial charge on any atom is 0.407 e. The summed E-state index contributed by atoms with van der Waals surface area (Å²) in [6.07, 6.45) is -2.38. The molecule has 0 heterocycles. The first-order valence-corrected chi connectivity index (χ1v) is 36.7. The molecule has 21 nitrogen and oxygen atoms in total. The van der Waals surface area contributed by atoms with Gasteiger partial charge in [-0.1, -0.05) is 231 Å². The van der Waals surface area contributed by atoms with Crippen LogP contribution in [0.5, 0.6) is 0 Å². The van der Waals surface area contributed by atoms with Crippen molar-refractivity contribution in [1.29, 1.82) is 0 Å². The van der Waals surface area contributed by atoms with Crippen molar-refractivity contribution in [1.82, 2.24) is 42.5 Å². The molecule has 5 atom stereocenters. The van der Waals surface area contributed by atoms with Crippen LogP contribution in [0, 0.1) is 0 Å². The van der Waals surface area contributed by atoms with Crippen LogP contribution in [-0.2, 0) is 63.6 Å². The molecule has 9 rings (SSSR count). The van der Waals surface area contributed by atoms with E-state index in [-0.39, 0.29) is 25.5 Å². The molecule has 0 saturated carbocycles. The quantitative estimate of drug-likeness (QED) is 0.00843. The molecule has 0 unspecified atom stereocenters. The van der Waals surface area contributed by atoms with Crippen molar-refractivity contribution in [2.75, 3.05) is 19.8 Å². The minimum Gasteiger partial charge on any atom is -0.458 e. The number of amides is 8. The van der Waals surface area contributed by atoms with E-state index < -0.39 is 138 Å². The van der Waals surface area contributed by atoms with Gasteiger partial charge in [0.15, 0.2) is 0 Å². The Morgan fingerprint density at radius 1 is 0.380 bits per heavy atom. The van der Waals surface area contributed by atoms with E-state index in [1.807, 2.05) is 231 Å². The Balaban J connectivity index is 1.03. The smallest absolute Gasteiger partial charge is 0.407 e. The van der Waals surface area contributed by atoms with Crippen LogP contribution in [0.4, 0.5) is 9.59 Å². The Labute approximate surface area is 632 Å². The largest absolute Gasteiger partial charge is 0.458 e. The molecule has 108 heavy (non-hydrogen) atoms. The highest BCUT2D eigenvalue weighted by Crippen LogP contribution is 2.45. The molecule has 0 fully saturated rings. The lowest BCUT2D eigenvalue weighted by Gasteiger charge is -2.37. The molecule has 0 radical (unpaired) electrons. The van der Waals surface area contributed by atoms with Gasteiger partial charge in [0, 0.05) is 18.9 Å². The molecule has 21 heteroatoms. The lowest BCUT2D eigenvalue weighted by atomic mass is 9.77. The fourth-order valence-corrected chi connectivity index (χ4v) is 13.2. The third-order valence-electron chi connectivity index (χ3n) is 18.2. The van der Waals surface area contributed by atoms with Gasteiger partial charge in [-0.2, -0.15) is 0 Å². The maximum absolute atomic E-state index is 15.5. The number of carbonyl (C=O) groups excluding carboxylic acids is 9. The second kappa shape index (κ2) is 36.7. The first-order valence-electron chi connectivity index (χ1n) is 36.7. The van der Waals surface area contributed by atoms with Crippen molar-refractivity contribution in [3.05, 3.63) is 275 Å². The molecule has 0 aliphatic heterocycles. The number of esters is 1. The molecule has 0 aromatic heterocycles. The summed E-state index contributed by atoms with van der Waals surface area (Å²) in [5.74, 6) is -6.14. The molecule has 8 N–H and O–H groups in total. The van der Waals surface area contributed by atoms with Gasteiger partial charge in [0.05, 0.1) is 18.6 Å². The van der Waals surface area contributed by atoms with E-state index in [4.69, 9.17) is 18.9 Å². The fraction of sp³-hybridized carbons (Fsp3) is 0.345. The Kier molecular flexibility index (Phi) is 27.4. The summed E-state index contributed by atoms with van der Waals surface area (Å²) in [6, 6.07) is 63.9. The second-order valence-corrected chi connectivity index (χ2v) is 29.9. The molecule has 0 spiro atoms. The molecule has 8 aromatic carbocycles. The number of hydrogen-bond acceptors (Lipinski definition) is 13. The van der Waals surface area contributed by atoms with E-state index in [9.17, 15) is 19.2 Å². The standard InChI is InChI=1S/C87H100N8O13/c1-58(76(98)91-71(80(102)107-84(5,6)7)51-33-34-54-88-81(103)108-85(8,9)10)89-77(99)70(52-53-74(96)94-86(59-35-17-11-18-36-59,60-37-19-12-20-38-60)61-39-21-13-22-40-61)90-79(101)73(57-106-83(2,3)4)92-78(100)72(93-82(104)105-56-69-67-49-31-29-47-65(67)66-48-30-32-50-68(66)69)55-75(97)95-87(62-41-23-14-24-42-62,63-43-25-15-26-44-63)64-45-27-16-28-46-64/h11-32,35-50,58,69-73H,33-34,51-57H2,1-10H3,(H,88,103)(H,89,99)(H,90,101)(H,91,98)(H,92,100)(H,93,104)(H,94,96)(H,95,97)/t58-,70-,71-,72-,73-/m0/s1. The van der Waals surface area contributed by atoms with Gasteiger partial charge >= 0.3 is 18.2 Å². The summed E-state index contributed by atoms with van der Waals surface area (Å²) in [4.78, 5) is 132. The summed E-state index contributed by atoms with van der Waals surface area (Å²) >= 11 is 0. The predicted molar refractivity (Wildman–Crippen MR) is 414 cm³/mol. The molecule has 1 aliphatic rings. The SMILES string of the molecule is C[C@H](NC(=O)[C@H](CCC(=O)NC(c1ccccc1)(c1ccccc1)c1ccccc1)NC(=O)[C@H](COC(C)(C)C)NC(=O)[C@H](CC(=O)NC(c1ccccc1)(c1ccccc1)c1ccccc1)NC(=O)OCC1c2ccccc2-c2ccccc21)C(=O)N[C@@H](CCCCNC(=O)OC(C)(C)C)C(=O)OC(C)(C)C. The normalized spacial score (nSPS) is 13.6. The van der Waals surface area contributed by atoms with Gasteiger partial charge in [-0.3, -0.25) is 28.8 Å². The van der Waals surface area contributed by atoms with Crippen LogP contribution in [0.2, 0.25) is 0 Å². The number of nitrogens with one attached hydrogen (secondary N) is 8. The van der Waals surface area contributed by atoms with Gasteiger partial charge in [0.1, 0.15) is 59.1 Å². The zero-order valence-corrected chi connectivity index (χ0v) is 63.1. The number of carbonyl (C=O) groups is 9. The van der Waals surface area contributed by atoms with Crippen molar-refractivity contribution in [2.24, 2.45) is 0 Å². The topological polar surface area (TPSA) is 287 Å². The zero-order chi connectivity index (χ0) is 77.7. The number of benzene rings is 8. The number of hydrogen-bond donors (Lipinski definition) is 8. The van der Waals surface area contributed by atoms with E-state index in [2.05, 4.69) is 42.5 Å². The van der Waals surface area contributed by atoms with Crippen LogP contribution in [0.15, 0.2) is 231 Å². The average molecular weight is 1470 g/mol. The lowest BCUT2D eigenvalue weighted by Crippen LogP contribution is -2.60. The molecule has 566 valence electrons. The van der Waals surface area contributed by atoms with Gasteiger partial charge in [-0.15, -0.1) is 0 Å². The number of ether oxygens (including phenoxy) is 4. The van der Waals surface area contributed by atoms with Crippen LogP contribution >= 0.6 is 0 Å². The maximum atomic E-state index is 15.5. The van der Waals surface area contributed by atoms with Gasteiger partial charge in [0.2, 0.25) is 35.4 Å². The van der Waals surface area contributed by atoms with Crippen LogP contribution in [0.3, 0.4) is 0 Å². The molecule has 8 aromatic rings. The fourth-order valence-electron chi connectivity index (χ4n) is 13.2. The highest BCUT2D eigenvalue weighted by atomic mass is 16.6. The minimum absolute atomic E-state index is 0.0773.